The van der Waals surface area contributed by atoms with Crippen molar-refractivity contribution in [1.82, 2.24) is 0 Å². The van der Waals surface area contributed by atoms with Gasteiger partial charge in [-0.1, -0.05) is 17.7 Å². The van der Waals surface area contributed by atoms with Crippen LogP contribution in [0.15, 0.2) is 23.8 Å². The average Bonchev–Trinajstić information content (AvgIpc) is 2.01. The van der Waals surface area contributed by atoms with E-state index in [9.17, 15) is 4.79 Å². The normalized spacial score (nSPS) is 26.6. The van der Waals surface area contributed by atoms with E-state index in [0.717, 1.165) is 18.4 Å². The molecule has 2 heteroatoms. The van der Waals surface area contributed by atoms with Crippen LogP contribution in [0.1, 0.15) is 33.6 Å². The van der Waals surface area contributed by atoms with E-state index in [-0.39, 0.29) is 12.1 Å². The molecule has 1 rings (SSSR count). The molecule has 0 heterocycles. The summed E-state index contributed by atoms with van der Waals surface area (Å²) in [6, 6.07) is 0. The topological polar surface area (TPSA) is 26.3 Å². The van der Waals surface area contributed by atoms with Gasteiger partial charge in [-0.3, -0.25) is 4.79 Å². The van der Waals surface area contributed by atoms with E-state index in [1.54, 1.807) is 0 Å². The van der Waals surface area contributed by atoms with Crippen LogP contribution in [-0.2, 0) is 9.53 Å². The van der Waals surface area contributed by atoms with Crippen LogP contribution in [0, 0.1) is 5.92 Å². The summed E-state index contributed by atoms with van der Waals surface area (Å²) in [6.45, 7) is 9.46. The van der Waals surface area contributed by atoms with E-state index < -0.39 is 0 Å². The molecule has 2 nitrogen and oxygen atoms in total. The number of esters is 1. The van der Waals surface area contributed by atoms with Crippen LogP contribution in [0.2, 0.25) is 0 Å². The molecule has 0 fully saturated rings. The maximum atomic E-state index is 10.9. The number of carbonyl (C=O) groups is 1. The fourth-order valence-electron chi connectivity index (χ4n) is 1.86. The monoisotopic (exact) mass is 194 g/mol. The van der Waals surface area contributed by atoms with Crippen molar-refractivity contribution in [3.63, 3.8) is 0 Å². The lowest BCUT2D eigenvalue weighted by Gasteiger charge is -2.29. The molecule has 2 atom stereocenters. The summed E-state index contributed by atoms with van der Waals surface area (Å²) < 4.78 is 5.26. The zero-order chi connectivity index (χ0) is 10.7. The molecule has 0 N–H and O–H groups in total. The predicted octanol–water partition coefficient (Wildman–Crippen LogP) is 2.85. The van der Waals surface area contributed by atoms with Crippen molar-refractivity contribution in [1.29, 1.82) is 0 Å². The Bertz CT molecular complexity index is 276. The number of carbonyl (C=O) groups excluding carboxylic acids is 1. The van der Waals surface area contributed by atoms with Gasteiger partial charge in [-0.2, -0.15) is 0 Å². The summed E-state index contributed by atoms with van der Waals surface area (Å²) in [5.41, 5.74) is 2.40. The quantitative estimate of drug-likeness (QED) is 0.499. The molecule has 0 aliphatic heterocycles. The van der Waals surface area contributed by atoms with Crippen molar-refractivity contribution in [2.45, 2.75) is 39.7 Å². The van der Waals surface area contributed by atoms with Gasteiger partial charge in [0.1, 0.15) is 6.10 Å². The Balaban J connectivity index is 2.77. The Labute approximate surface area is 85.6 Å². The molecule has 1 aliphatic rings. The highest BCUT2D eigenvalue weighted by Gasteiger charge is 2.26. The lowest BCUT2D eigenvalue weighted by Crippen LogP contribution is -2.28. The lowest BCUT2D eigenvalue weighted by molar-refractivity contribution is -0.146. The second-order valence-corrected chi connectivity index (χ2v) is 4.08. The Kier molecular flexibility index (Phi) is 3.50. The molecule has 0 aromatic rings. The van der Waals surface area contributed by atoms with Crippen molar-refractivity contribution in [2.24, 2.45) is 5.92 Å². The fraction of sp³-hybridized carbons (Fsp3) is 0.583. The van der Waals surface area contributed by atoms with Gasteiger partial charge in [-0.25, -0.2) is 0 Å². The van der Waals surface area contributed by atoms with Gasteiger partial charge < -0.3 is 4.74 Å². The van der Waals surface area contributed by atoms with E-state index in [1.165, 1.54) is 12.5 Å². The highest BCUT2D eigenvalue weighted by atomic mass is 16.5. The summed E-state index contributed by atoms with van der Waals surface area (Å²) in [5, 5.41) is 0. The van der Waals surface area contributed by atoms with E-state index >= 15 is 0 Å². The SMILES string of the molecule is C=C(C)C1CCC(C)=CC1OC(C)=O. The van der Waals surface area contributed by atoms with Gasteiger partial charge in [0.2, 0.25) is 0 Å². The molecule has 0 aromatic heterocycles. The molecule has 0 saturated carbocycles. The second-order valence-electron chi connectivity index (χ2n) is 4.08. The van der Waals surface area contributed by atoms with E-state index in [1.807, 2.05) is 13.0 Å². The van der Waals surface area contributed by atoms with E-state index in [0.29, 0.717) is 5.92 Å². The van der Waals surface area contributed by atoms with Gasteiger partial charge >= 0.3 is 5.97 Å². The summed E-state index contributed by atoms with van der Waals surface area (Å²) in [6.07, 6.45) is 4.06. The van der Waals surface area contributed by atoms with Crippen molar-refractivity contribution in [3.05, 3.63) is 23.8 Å². The second kappa shape index (κ2) is 4.45. The predicted molar refractivity (Wildman–Crippen MR) is 56.8 cm³/mol. The Morgan fingerprint density at radius 1 is 1.57 bits per heavy atom. The Hall–Kier alpha value is -1.05. The van der Waals surface area contributed by atoms with E-state index in [2.05, 4.69) is 13.5 Å². The molecule has 0 aromatic carbocycles. The molecule has 2 unspecified atom stereocenters. The van der Waals surface area contributed by atoms with Crippen molar-refractivity contribution >= 4 is 5.97 Å². The molecule has 0 saturated heterocycles. The first kappa shape index (κ1) is 11.0. The van der Waals surface area contributed by atoms with Crippen LogP contribution < -0.4 is 0 Å². The molecule has 0 bridgehead atoms. The maximum Gasteiger partial charge on any atom is 0.303 e. The van der Waals surface area contributed by atoms with Gasteiger partial charge in [0.25, 0.3) is 0 Å². The molecule has 14 heavy (non-hydrogen) atoms. The number of allylic oxidation sites excluding steroid dienone is 1. The third kappa shape index (κ3) is 2.72. The molecule has 1 aliphatic carbocycles. The first-order valence-corrected chi connectivity index (χ1v) is 5.00. The summed E-state index contributed by atoms with van der Waals surface area (Å²) in [4.78, 5) is 10.9. The molecular weight excluding hydrogens is 176 g/mol. The zero-order valence-electron chi connectivity index (χ0n) is 9.17. The lowest BCUT2D eigenvalue weighted by atomic mass is 9.83. The number of ether oxygens (including phenoxy) is 1. The summed E-state index contributed by atoms with van der Waals surface area (Å²) in [7, 11) is 0. The van der Waals surface area contributed by atoms with E-state index in [4.69, 9.17) is 4.74 Å². The molecule has 78 valence electrons. The minimum absolute atomic E-state index is 0.0984. The van der Waals surface area contributed by atoms with Gasteiger partial charge in [-0.15, -0.1) is 0 Å². The number of rotatable bonds is 2. The highest BCUT2D eigenvalue weighted by molar-refractivity contribution is 5.66. The Morgan fingerprint density at radius 3 is 2.71 bits per heavy atom. The zero-order valence-corrected chi connectivity index (χ0v) is 9.17. The van der Waals surface area contributed by atoms with Gasteiger partial charge in [0.05, 0.1) is 0 Å². The third-order valence-corrected chi connectivity index (χ3v) is 2.63. The molecule has 0 amide bonds. The molecule has 0 spiro atoms. The van der Waals surface area contributed by atoms with Crippen LogP contribution in [0.25, 0.3) is 0 Å². The van der Waals surface area contributed by atoms with Crippen LogP contribution in [-0.4, -0.2) is 12.1 Å². The van der Waals surface area contributed by atoms with Gasteiger partial charge in [0.15, 0.2) is 0 Å². The smallest absolute Gasteiger partial charge is 0.303 e. The van der Waals surface area contributed by atoms with Gasteiger partial charge in [0, 0.05) is 12.8 Å². The minimum atomic E-state index is -0.216. The fourth-order valence-corrected chi connectivity index (χ4v) is 1.86. The molecule has 0 radical (unpaired) electrons. The maximum absolute atomic E-state index is 10.9. The average molecular weight is 194 g/mol. The summed E-state index contributed by atoms with van der Waals surface area (Å²) in [5.74, 6) is 0.0785. The van der Waals surface area contributed by atoms with Crippen molar-refractivity contribution in [3.8, 4) is 0 Å². The first-order valence-electron chi connectivity index (χ1n) is 5.00. The van der Waals surface area contributed by atoms with Crippen LogP contribution in [0.3, 0.4) is 0 Å². The minimum Gasteiger partial charge on any atom is -0.458 e. The molecular formula is C12H18O2. The van der Waals surface area contributed by atoms with Gasteiger partial charge in [-0.05, 0) is 32.8 Å². The largest absolute Gasteiger partial charge is 0.458 e. The third-order valence-electron chi connectivity index (χ3n) is 2.63. The number of hydrogen-bond acceptors (Lipinski definition) is 2. The van der Waals surface area contributed by atoms with Crippen LogP contribution in [0.4, 0.5) is 0 Å². The standard InChI is InChI=1S/C12H18O2/c1-8(2)11-6-5-9(3)7-12(11)14-10(4)13/h7,11-12H,1,5-6H2,2-4H3. The van der Waals surface area contributed by atoms with Crippen LogP contribution in [0.5, 0.6) is 0 Å². The highest BCUT2D eigenvalue weighted by Crippen LogP contribution is 2.30. The Morgan fingerprint density at radius 2 is 2.21 bits per heavy atom. The van der Waals surface area contributed by atoms with Crippen LogP contribution >= 0.6 is 0 Å². The van der Waals surface area contributed by atoms with Crippen molar-refractivity contribution < 1.29 is 9.53 Å². The first-order chi connectivity index (χ1) is 6.50. The number of hydrogen-bond donors (Lipinski definition) is 0. The summed E-state index contributed by atoms with van der Waals surface area (Å²) >= 11 is 0. The van der Waals surface area contributed by atoms with Crippen molar-refractivity contribution in [2.75, 3.05) is 0 Å².